The highest BCUT2D eigenvalue weighted by Gasteiger charge is 2.15. The summed E-state index contributed by atoms with van der Waals surface area (Å²) in [6.45, 7) is 2.17. The number of hydrogen-bond acceptors (Lipinski definition) is 4. The monoisotopic (exact) mass is 451 g/mol. The molecule has 2 N–H and O–H groups in total. The first-order valence-electron chi connectivity index (χ1n) is 10.7. The lowest BCUT2D eigenvalue weighted by Crippen LogP contribution is -1.95. The summed E-state index contributed by atoms with van der Waals surface area (Å²) < 4.78 is 5.49. The Morgan fingerprint density at radius 1 is 0.970 bits per heavy atom. The summed E-state index contributed by atoms with van der Waals surface area (Å²) in [4.78, 5) is 10.9. The lowest BCUT2D eigenvalue weighted by Gasteiger charge is -2.17. The molecule has 0 atom stereocenters. The lowest BCUT2D eigenvalue weighted by molar-refractivity contribution is -0.131. The average Bonchev–Trinajstić information content (AvgIpc) is 3.50. The van der Waals surface area contributed by atoms with Gasteiger partial charge in [0.15, 0.2) is 0 Å². The maximum atomic E-state index is 10.9. The smallest absolute Gasteiger partial charge is 0.328 e. The first-order chi connectivity index (χ1) is 16.1. The van der Waals surface area contributed by atoms with E-state index in [1.807, 2.05) is 24.5 Å². The third-order valence-electron chi connectivity index (χ3n) is 5.70. The Morgan fingerprint density at radius 2 is 1.73 bits per heavy atom. The van der Waals surface area contributed by atoms with E-state index in [2.05, 4.69) is 70.0 Å². The fraction of sp³-hybridized carbons (Fsp3) is 0.0741. The van der Waals surface area contributed by atoms with Crippen molar-refractivity contribution in [1.29, 1.82) is 0 Å². The van der Waals surface area contributed by atoms with Crippen LogP contribution in [0.4, 0.5) is 0 Å². The van der Waals surface area contributed by atoms with Gasteiger partial charge in [-0.15, -0.1) is 0 Å². The van der Waals surface area contributed by atoms with Crippen LogP contribution in [0.1, 0.15) is 35.6 Å². The second kappa shape index (κ2) is 8.84. The molecule has 0 radical (unpaired) electrons. The summed E-state index contributed by atoms with van der Waals surface area (Å²) in [5, 5.41) is 18.3. The van der Waals surface area contributed by atoms with Crippen LogP contribution in [0.15, 0.2) is 79.1 Å². The Labute approximate surface area is 194 Å². The fourth-order valence-corrected chi connectivity index (χ4v) is 4.75. The molecule has 0 unspecified atom stereocenters. The summed E-state index contributed by atoms with van der Waals surface area (Å²) in [5.74, 6) is -0.959. The summed E-state index contributed by atoms with van der Waals surface area (Å²) in [5.41, 5.74) is 7.58. The van der Waals surface area contributed by atoms with Crippen LogP contribution in [0.5, 0.6) is 0 Å². The van der Waals surface area contributed by atoms with Gasteiger partial charge in [0.2, 0.25) is 0 Å². The molecule has 162 valence electrons. The number of rotatable bonds is 6. The third kappa shape index (κ3) is 4.21. The molecule has 0 saturated carbocycles. The van der Waals surface area contributed by atoms with E-state index in [0.717, 1.165) is 51.0 Å². The zero-order valence-electron chi connectivity index (χ0n) is 17.9. The Balaban J connectivity index is 1.71. The van der Waals surface area contributed by atoms with Crippen LogP contribution in [-0.4, -0.2) is 25.6 Å². The van der Waals surface area contributed by atoms with Gasteiger partial charge in [0.1, 0.15) is 0 Å². The van der Waals surface area contributed by atoms with Crippen molar-refractivity contribution in [3.8, 4) is 0 Å². The van der Waals surface area contributed by atoms with E-state index >= 15 is 0 Å². The molecule has 5 rings (SSSR count). The van der Waals surface area contributed by atoms with Crippen molar-refractivity contribution in [2.24, 2.45) is 0 Å². The Kier molecular flexibility index (Phi) is 5.59. The first kappa shape index (κ1) is 20.8. The molecule has 3 aromatic carbocycles. The van der Waals surface area contributed by atoms with Crippen molar-refractivity contribution in [1.82, 2.24) is 14.6 Å². The van der Waals surface area contributed by atoms with E-state index in [1.54, 1.807) is 6.08 Å². The Morgan fingerprint density at radius 3 is 2.52 bits per heavy atom. The van der Waals surface area contributed by atoms with Crippen LogP contribution in [-0.2, 0) is 4.79 Å². The lowest BCUT2D eigenvalue weighted by atomic mass is 9.87. The number of benzene rings is 3. The molecule has 33 heavy (non-hydrogen) atoms. The van der Waals surface area contributed by atoms with E-state index in [-0.39, 0.29) is 0 Å². The van der Waals surface area contributed by atoms with E-state index in [4.69, 9.17) is 5.11 Å². The maximum Gasteiger partial charge on any atom is 0.328 e. The minimum Gasteiger partial charge on any atom is -0.478 e. The second-order valence-electron chi connectivity index (χ2n) is 7.75. The van der Waals surface area contributed by atoms with Gasteiger partial charge in [0.05, 0.1) is 16.4 Å². The SMILES string of the molecule is CCC(=C(c1ccc(C=CC(=O)O)cc1)c1ccc2[nH]ncc2c1)c1ccc2sncc2c1. The van der Waals surface area contributed by atoms with Gasteiger partial charge in [-0.2, -0.15) is 9.47 Å². The van der Waals surface area contributed by atoms with Crippen molar-refractivity contribution in [3.05, 3.63) is 101 Å². The predicted molar refractivity (Wildman–Crippen MR) is 135 cm³/mol. The minimum absolute atomic E-state index is 0.842. The van der Waals surface area contributed by atoms with Crippen molar-refractivity contribution < 1.29 is 9.90 Å². The first-order valence-corrected chi connectivity index (χ1v) is 11.4. The molecule has 5 nitrogen and oxygen atoms in total. The average molecular weight is 452 g/mol. The standard InChI is InChI=1S/C27H21N3O2S/c1-2-23(19-9-11-25-22(13-19)16-29-33-25)27(20-8-10-24-21(14-20)15-28-30-24)18-6-3-17(4-7-18)5-12-26(31)32/h3-16H,2H2,1H3,(H,28,30)(H,31,32). The molecule has 0 fully saturated rings. The largest absolute Gasteiger partial charge is 0.478 e. The molecule has 0 aliphatic heterocycles. The number of hydrogen-bond donors (Lipinski definition) is 2. The highest BCUT2D eigenvalue weighted by molar-refractivity contribution is 7.13. The zero-order valence-corrected chi connectivity index (χ0v) is 18.8. The third-order valence-corrected chi connectivity index (χ3v) is 6.48. The van der Waals surface area contributed by atoms with Gasteiger partial charge in [-0.05, 0) is 81.7 Å². The van der Waals surface area contributed by atoms with Crippen LogP contribution in [0, 0.1) is 0 Å². The van der Waals surface area contributed by atoms with Gasteiger partial charge in [-0.1, -0.05) is 43.3 Å². The number of aromatic amines is 1. The molecule has 0 aliphatic rings. The molecule has 0 aliphatic carbocycles. The number of carboxylic acid groups (broad SMARTS) is 1. The maximum absolute atomic E-state index is 10.9. The summed E-state index contributed by atoms with van der Waals surface area (Å²) >= 11 is 1.50. The van der Waals surface area contributed by atoms with Crippen molar-refractivity contribution >= 4 is 55.7 Å². The molecular formula is C27H21N3O2S. The molecule has 0 amide bonds. The van der Waals surface area contributed by atoms with E-state index in [0.29, 0.717) is 0 Å². The molecule has 2 aromatic heterocycles. The van der Waals surface area contributed by atoms with E-state index < -0.39 is 5.97 Å². The van der Waals surface area contributed by atoms with Gasteiger partial charge in [-0.3, -0.25) is 5.10 Å². The number of aromatic nitrogens is 3. The van der Waals surface area contributed by atoms with Crippen LogP contribution < -0.4 is 0 Å². The molecule has 6 heteroatoms. The van der Waals surface area contributed by atoms with Crippen LogP contribution >= 0.6 is 11.5 Å². The van der Waals surface area contributed by atoms with Crippen molar-refractivity contribution in [3.63, 3.8) is 0 Å². The van der Waals surface area contributed by atoms with Gasteiger partial charge < -0.3 is 5.11 Å². The van der Waals surface area contributed by atoms with Crippen molar-refractivity contribution in [2.45, 2.75) is 13.3 Å². The second-order valence-corrected chi connectivity index (χ2v) is 8.58. The molecule has 5 aromatic rings. The van der Waals surface area contributed by atoms with Crippen LogP contribution in [0.25, 0.3) is 38.2 Å². The highest BCUT2D eigenvalue weighted by Crippen LogP contribution is 2.36. The predicted octanol–water partition coefficient (Wildman–Crippen LogP) is 6.64. The Bertz CT molecular complexity index is 1520. The van der Waals surface area contributed by atoms with Gasteiger partial charge >= 0.3 is 5.97 Å². The molecule has 2 heterocycles. The number of H-pyrrole nitrogens is 1. The van der Waals surface area contributed by atoms with E-state index in [9.17, 15) is 4.79 Å². The molecular weight excluding hydrogens is 430 g/mol. The van der Waals surface area contributed by atoms with Gasteiger partial charge in [0, 0.05) is 23.0 Å². The van der Waals surface area contributed by atoms with Gasteiger partial charge in [0.25, 0.3) is 0 Å². The van der Waals surface area contributed by atoms with Gasteiger partial charge in [-0.25, -0.2) is 4.79 Å². The normalized spacial score (nSPS) is 12.5. The zero-order chi connectivity index (χ0) is 22.8. The number of allylic oxidation sites excluding steroid dienone is 1. The topological polar surface area (TPSA) is 78.9 Å². The number of carboxylic acids is 1. The number of aliphatic carboxylic acids is 1. The molecule has 0 saturated heterocycles. The number of nitrogens with zero attached hydrogens (tertiary/aromatic N) is 2. The summed E-state index contributed by atoms with van der Waals surface area (Å²) in [6, 6.07) is 20.8. The number of fused-ring (bicyclic) bond motifs is 2. The Hall–Kier alpha value is -4.03. The van der Waals surface area contributed by atoms with Crippen LogP contribution in [0.3, 0.4) is 0 Å². The molecule has 0 bridgehead atoms. The minimum atomic E-state index is -0.959. The number of nitrogens with one attached hydrogen (secondary N) is 1. The fourth-order valence-electron chi connectivity index (χ4n) is 4.13. The van der Waals surface area contributed by atoms with Crippen LogP contribution in [0.2, 0.25) is 0 Å². The van der Waals surface area contributed by atoms with E-state index in [1.165, 1.54) is 27.4 Å². The quantitative estimate of drug-likeness (QED) is 0.224. The highest BCUT2D eigenvalue weighted by atomic mass is 32.1. The van der Waals surface area contributed by atoms with Crippen molar-refractivity contribution in [2.75, 3.05) is 0 Å². The summed E-state index contributed by atoms with van der Waals surface area (Å²) in [7, 11) is 0. The number of carbonyl (C=O) groups is 1. The molecule has 0 spiro atoms. The summed E-state index contributed by atoms with van der Waals surface area (Å²) in [6.07, 6.45) is 7.36.